The zero-order valence-electron chi connectivity index (χ0n) is 14.2. The van der Waals surface area contributed by atoms with Crippen molar-refractivity contribution in [3.63, 3.8) is 0 Å². The number of hydrogen-bond acceptors (Lipinski definition) is 2. The van der Waals surface area contributed by atoms with Gasteiger partial charge < -0.3 is 4.74 Å². The van der Waals surface area contributed by atoms with Crippen LogP contribution in [0.2, 0.25) is 0 Å². The van der Waals surface area contributed by atoms with Gasteiger partial charge in [0.2, 0.25) is 0 Å². The normalized spacial score (nSPS) is 39.7. The summed E-state index contributed by atoms with van der Waals surface area (Å²) >= 11 is 0. The molecule has 0 atom stereocenters. The van der Waals surface area contributed by atoms with Gasteiger partial charge in [-0.15, -0.1) is 0 Å². The van der Waals surface area contributed by atoms with Crippen molar-refractivity contribution in [2.24, 2.45) is 17.8 Å². The molecule has 124 valence electrons. The molecule has 1 saturated heterocycles. The van der Waals surface area contributed by atoms with E-state index >= 15 is 0 Å². The summed E-state index contributed by atoms with van der Waals surface area (Å²) in [6.07, 6.45) is 9.03. The summed E-state index contributed by atoms with van der Waals surface area (Å²) in [7, 11) is 0. The van der Waals surface area contributed by atoms with Crippen molar-refractivity contribution < 1.29 is 4.74 Å². The highest BCUT2D eigenvalue weighted by Gasteiger charge is 2.51. The Morgan fingerprint density at radius 1 is 0.870 bits per heavy atom. The molecule has 0 radical (unpaired) electrons. The van der Waals surface area contributed by atoms with Crippen LogP contribution in [0.5, 0.6) is 0 Å². The first-order chi connectivity index (χ1) is 11.3. The van der Waals surface area contributed by atoms with Crippen LogP contribution < -0.4 is 0 Å². The average molecular weight is 311 g/mol. The number of nitrogens with zero attached hydrogens (tertiary/aromatic N) is 1. The molecule has 2 nitrogen and oxygen atoms in total. The fourth-order valence-corrected chi connectivity index (χ4v) is 6.45. The maximum absolute atomic E-state index is 5.45. The fourth-order valence-electron chi connectivity index (χ4n) is 6.45. The van der Waals surface area contributed by atoms with E-state index in [1.807, 2.05) is 0 Å². The summed E-state index contributed by atoms with van der Waals surface area (Å²) in [6, 6.07) is 9.76. The molecule has 23 heavy (non-hydrogen) atoms. The van der Waals surface area contributed by atoms with Gasteiger partial charge in [-0.1, -0.05) is 24.3 Å². The van der Waals surface area contributed by atoms with E-state index in [0.29, 0.717) is 5.41 Å². The van der Waals surface area contributed by atoms with E-state index in [1.54, 1.807) is 5.56 Å². The molecule has 1 heterocycles. The Bertz CT molecular complexity index is 522. The van der Waals surface area contributed by atoms with Crippen LogP contribution in [0, 0.1) is 17.8 Å². The van der Waals surface area contributed by atoms with Crippen LogP contribution in [-0.4, -0.2) is 31.2 Å². The minimum Gasteiger partial charge on any atom is -0.379 e. The zero-order valence-corrected chi connectivity index (χ0v) is 14.2. The average Bonchev–Trinajstić information content (AvgIpc) is 2.55. The summed E-state index contributed by atoms with van der Waals surface area (Å²) in [5.41, 5.74) is 3.68. The van der Waals surface area contributed by atoms with Gasteiger partial charge in [-0.2, -0.15) is 0 Å². The van der Waals surface area contributed by atoms with E-state index in [0.717, 1.165) is 50.6 Å². The number of ether oxygens (including phenoxy) is 1. The fraction of sp³-hybridized carbons (Fsp3) is 0.714. The highest BCUT2D eigenvalue weighted by atomic mass is 16.5. The standard InChI is InChI=1S/C21H29NO/c1-3-20(4-2-16(1)15-22-5-7-23-8-6-22)21-12-17-9-18(13-21)11-19(10-17)14-21/h1-4,17-19H,5-15H2. The molecule has 0 unspecified atom stereocenters. The van der Waals surface area contributed by atoms with E-state index in [1.165, 1.54) is 44.1 Å². The van der Waals surface area contributed by atoms with Gasteiger partial charge in [-0.05, 0) is 72.8 Å². The highest BCUT2D eigenvalue weighted by molar-refractivity contribution is 5.32. The van der Waals surface area contributed by atoms with Crippen molar-refractivity contribution in [3.05, 3.63) is 35.4 Å². The Labute approximate surface area is 140 Å². The summed E-state index contributed by atoms with van der Waals surface area (Å²) in [4.78, 5) is 2.52. The minimum atomic E-state index is 0.548. The van der Waals surface area contributed by atoms with E-state index in [9.17, 15) is 0 Å². The Kier molecular flexibility index (Phi) is 3.52. The van der Waals surface area contributed by atoms with E-state index < -0.39 is 0 Å². The van der Waals surface area contributed by atoms with E-state index in [4.69, 9.17) is 4.74 Å². The van der Waals surface area contributed by atoms with Gasteiger partial charge in [-0.25, -0.2) is 0 Å². The van der Waals surface area contributed by atoms with E-state index in [-0.39, 0.29) is 0 Å². The Morgan fingerprint density at radius 2 is 1.43 bits per heavy atom. The van der Waals surface area contributed by atoms with Crippen LogP contribution in [0.15, 0.2) is 24.3 Å². The second-order valence-electron chi connectivity index (χ2n) is 8.78. The van der Waals surface area contributed by atoms with Crippen molar-refractivity contribution >= 4 is 0 Å². The quantitative estimate of drug-likeness (QED) is 0.837. The second kappa shape index (κ2) is 5.60. The first-order valence-corrected chi connectivity index (χ1v) is 9.69. The molecule has 5 aliphatic rings. The van der Waals surface area contributed by atoms with Gasteiger partial charge in [-0.3, -0.25) is 4.90 Å². The third kappa shape index (κ3) is 2.64. The SMILES string of the molecule is c1cc(C23CC4CC(CC(C4)C2)C3)ccc1CN1CCOCC1. The number of morpholine rings is 1. The van der Waals surface area contributed by atoms with Gasteiger partial charge in [0.05, 0.1) is 13.2 Å². The lowest BCUT2D eigenvalue weighted by Gasteiger charge is -2.57. The van der Waals surface area contributed by atoms with Gasteiger partial charge in [0.1, 0.15) is 0 Å². The minimum absolute atomic E-state index is 0.548. The molecule has 0 spiro atoms. The zero-order chi connectivity index (χ0) is 15.3. The molecule has 1 aromatic rings. The van der Waals surface area contributed by atoms with Crippen LogP contribution in [0.4, 0.5) is 0 Å². The lowest BCUT2D eigenvalue weighted by molar-refractivity contribution is -0.00520. The summed E-state index contributed by atoms with van der Waals surface area (Å²) < 4.78 is 5.45. The smallest absolute Gasteiger partial charge is 0.0594 e. The van der Waals surface area contributed by atoms with Crippen molar-refractivity contribution in [2.75, 3.05) is 26.3 Å². The van der Waals surface area contributed by atoms with Crippen LogP contribution >= 0.6 is 0 Å². The molecule has 0 N–H and O–H groups in total. The summed E-state index contributed by atoms with van der Waals surface area (Å²) in [5, 5.41) is 0. The van der Waals surface area contributed by atoms with E-state index in [2.05, 4.69) is 29.2 Å². The lowest BCUT2D eigenvalue weighted by Crippen LogP contribution is -2.48. The summed E-state index contributed by atoms with van der Waals surface area (Å²) in [5.74, 6) is 3.11. The Balaban J connectivity index is 1.33. The lowest BCUT2D eigenvalue weighted by atomic mass is 9.48. The maximum Gasteiger partial charge on any atom is 0.0594 e. The van der Waals surface area contributed by atoms with Crippen molar-refractivity contribution in [1.82, 2.24) is 4.90 Å². The molecular weight excluding hydrogens is 282 g/mol. The Morgan fingerprint density at radius 3 is 2.00 bits per heavy atom. The third-order valence-electron chi connectivity index (χ3n) is 7.11. The monoisotopic (exact) mass is 311 g/mol. The number of rotatable bonds is 3. The first-order valence-electron chi connectivity index (χ1n) is 9.69. The van der Waals surface area contributed by atoms with Gasteiger partial charge in [0, 0.05) is 19.6 Å². The van der Waals surface area contributed by atoms with Crippen molar-refractivity contribution in [2.45, 2.75) is 50.5 Å². The predicted molar refractivity (Wildman–Crippen MR) is 92.4 cm³/mol. The third-order valence-corrected chi connectivity index (χ3v) is 7.11. The number of benzene rings is 1. The van der Waals surface area contributed by atoms with Crippen LogP contribution in [0.1, 0.15) is 49.7 Å². The molecule has 1 aromatic carbocycles. The molecule has 4 aliphatic carbocycles. The van der Waals surface area contributed by atoms with Gasteiger partial charge in [0.15, 0.2) is 0 Å². The van der Waals surface area contributed by atoms with Gasteiger partial charge in [0.25, 0.3) is 0 Å². The molecule has 0 aromatic heterocycles. The van der Waals surface area contributed by atoms with Crippen LogP contribution in [-0.2, 0) is 16.7 Å². The first kappa shape index (κ1) is 14.5. The van der Waals surface area contributed by atoms with Gasteiger partial charge >= 0.3 is 0 Å². The molecule has 5 fully saturated rings. The predicted octanol–water partition coefficient (Wildman–Crippen LogP) is 3.99. The summed E-state index contributed by atoms with van der Waals surface area (Å²) in [6.45, 7) is 5.04. The molecule has 6 rings (SSSR count). The molecule has 0 amide bonds. The highest BCUT2D eigenvalue weighted by Crippen LogP contribution is 2.60. The maximum atomic E-state index is 5.45. The van der Waals surface area contributed by atoms with Crippen LogP contribution in [0.25, 0.3) is 0 Å². The van der Waals surface area contributed by atoms with Crippen LogP contribution in [0.3, 0.4) is 0 Å². The number of hydrogen-bond donors (Lipinski definition) is 0. The van der Waals surface area contributed by atoms with Crippen molar-refractivity contribution in [3.8, 4) is 0 Å². The molecule has 4 saturated carbocycles. The second-order valence-corrected chi connectivity index (χ2v) is 8.78. The Hall–Kier alpha value is -0.860. The topological polar surface area (TPSA) is 12.5 Å². The largest absolute Gasteiger partial charge is 0.379 e. The molecular formula is C21H29NO. The molecule has 1 aliphatic heterocycles. The van der Waals surface area contributed by atoms with Crippen molar-refractivity contribution in [1.29, 1.82) is 0 Å². The molecule has 2 heteroatoms. The molecule has 4 bridgehead atoms.